The molecule has 2 saturated heterocycles. The van der Waals surface area contributed by atoms with E-state index in [1.807, 2.05) is 0 Å². The fraction of sp³-hybridized carbons (Fsp3) is 0.909. The maximum absolute atomic E-state index is 11.8. The van der Waals surface area contributed by atoms with Gasteiger partial charge in [-0.15, -0.1) is 0 Å². The summed E-state index contributed by atoms with van der Waals surface area (Å²) in [7, 11) is 0. The fourth-order valence-electron chi connectivity index (χ4n) is 2.50. The fourth-order valence-corrected chi connectivity index (χ4v) is 2.50. The van der Waals surface area contributed by atoms with Crippen LogP contribution in [0.25, 0.3) is 0 Å². The highest BCUT2D eigenvalue weighted by atomic mass is 16.2. The zero-order chi connectivity index (χ0) is 9.97. The van der Waals surface area contributed by atoms with Crippen molar-refractivity contribution in [1.29, 1.82) is 0 Å². The number of rotatable bonds is 2. The van der Waals surface area contributed by atoms with E-state index in [2.05, 4.69) is 17.1 Å². The quantitative estimate of drug-likeness (QED) is 0.710. The molecule has 0 aliphatic carbocycles. The van der Waals surface area contributed by atoms with Gasteiger partial charge >= 0.3 is 0 Å². The van der Waals surface area contributed by atoms with E-state index in [9.17, 15) is 4.79 Å². The maximum atomic E-state index is 11.8. The van der Waals surface area contributed by atoms with Gasteiger partial charge in [-0.1, -0.05) is 6.92 Å². The highest BCUT2D eigenvalue weighted by Gasteiger charge is 2.27. The van der Waals surface area contributed by atoms with Crippen LogP contribution in [0, 0.1) is 11.8 Å². The van der Waals surface area contributed by atoms with Crippen LogP contribution < -0.4 is 5.32 Å². The average molecular weight is 196 g/mol. The Kier molecular flexibility index (Phi) is 3.06. The monoisotopic (exact) mass is 196 g/mol. The molecule has 1 amide bonds. The molecule has 0 aromatic carbocycles. The van der Waals surface area contributed by atoms with Crippen molar-refractivity contribution in [2.45, 2.75) is 26.2 Å². The standard InChI is InChI=1S/C11H20N2O/c1-9-3-2-6-13(11(9)14)8-10-4-5-12-7-10/h9-10,12H,2-8H2,1H3. The molecule has 2 fully saturated rings. The van der Waals surface area contributed by atoms with E-state index in [1.165, 1.54) is 12.8 Å². The minimum absolute atomic E-state index is 0.262. The second-order valence-electron chi connectivity index (χ2n) is 4.69. The first-order valence-corrected chi connectivity index (χ1v) is 5.77. The van der Waals surface area contributed by atoms with Gasteiger partial charge in [-0.2, -0.15) is 0 Å². The predicted molar refractivity (Wildman–Crippen MR) is 56.0 cm³/mol. The van der Waals surface area contributed by atoms with Crippen LogP contribution in [0.5, 0.6) is 0 Å². The highest BCUT2D eigenvalue weighted by Crippen LogP contribution is 2.19. The molecule has 2 heterocycles. The third kappa shape index (κ3) is 2.08. The van der Waals surface area contributed by atoms with Crippen LogP contribution in [0.4, 0.5) is 0 Å². The first-order chi connectivity index (χ1) is 6.77. The van der Waals surface area contributed by atoms with Gasteiger partial charge in [-0.25, -0.2) is 0 Å². The van der Waals surface area contributed by atoms with Crippen LogP contribution in [-0.4, -0.2) is 37.0 Å². The second-order valence-corrected chi connectivity index (χ2v) is 4.69. The molecule has 3 nitrogen and oxygen atoms in total. The molecule has 2 rings (SSSR count). The molecule has 0 spiro atoms. The normalized spacial score (nSPS) is 33.8. The molecule has 2 unspecified atom stereocenters. The Morgan fingerprint density at radius 2 is 2.36 bits per heavy atom. The third-order valence-corrected chi connectivity index (χ3v) is 3.44. The lowest BCUT2D eigenvalue weighted by Crippen LogP contribution is -2.43. The van der Waals surface area contributed by atoms with Gasteiger partial charge in [0.25, 0.3) is 0 Å². The smallest absolute Gasteiger partial charge is 0.225 e. The zero-order valence-corrected chi connectivity index (χ0v) is 8.96. The molecule has 0 aromatic heterocycles. The molecule has 3 heteroatoms. The van der Waals surface area contributed by atoms with Gasteiger partial charge in [0, 0.05) is 19.0 Å². The molecular formula is C11H20N2O. The van der Waals surface area contributed by atoms with Crippen LogP contribution in [-0.2, 0) is 4.79 Å². The summed E-state index contributed by atoms with van der Waals surface area (Å²) in [6, 6.07) is 0. The average Bonchev–Trinajstić information content (AvgIpc) is 2.66. The topological polar surface area (TPSA) is 32.3 Å². The Bertz CT molecular complexity index is 211. The van der Waals surface area contributed by atoms with Crippen molar-refractivity contribution in [3.8, 4) is 0 Å². The predicted octanol–water partition coefficient (Wildman–Crippen LogP) is 0.854. The lowest BCUT2D eigenvalue weighted by atomic mass is 9.97. The number of likely N-dealkylation sites (tertiary alicyclic amines) is 1. The minimum Gasteiger partial charge on any atom is -0.342 e. The number of hydrogen-bond donors (Lipinski definition) is 1. The van der Waals surface area contributed by atoms with E-state index in [0.717, 1.165) is 32.6 Å². The summed E-state index contributed by atoms with van der Waals surface area (Å²) < 4.78 is 0. The summed E-state index contributed by atoms with van der Waals surface area (Å²) in [6.07, 6.45) is 3.50. The Hall–Kier alpha value is -0.570. The van der Waals surface area contributed by atoms with Gasteiger partial charge in [-0.05, 0) is 38.3 Å². The summed E-state index contributed by atoms with van der Waals surface area (Å²) in [5.41, 5.74) is 0. The lowest BCUT2D eigenvalue weighted by Gasteiger charge is -2.32. The van der Waals surface area contributed by atoms with Crippen molar-refractivity contribution in [3.63, 3.8) is 0 Å². The Labute approximate surface area is 85.8 Å². The van der Waals surface area contributed by atoms with Gasteiger partial charge in [0.15, 0.2) is 0 Å². The number of nitrogens with zero attached hydrogens (tertiary/aromatic N) is 1. The lowest BCUT2D eigenvalue weighted by molar-refractivity contribution is -0.138. The minimum atomic E-state index is 0.262. The van der Waals surface area contributed by atoms with Crippen LogP contribution in [0.1, 0.15) is 26.2 Å². The number of hydrogen-bond acceptors (Lipinski definition) is 2. The van der Waals surface area contributed by atoms with E-state index in [-0.39, 0.29) is 5.92 Å². The third-order valence-electron chi connectivity index (χ3n) is 3.44. The Morgan fingerprint density at radius 1 is 1.50 bits per heavy atom. The Balaban J connectivity index is 1.86. The summed E-state index contributed by atoms with van der Waals surface area (Å²) in [4.78, 5) is 13.9. The molecule has 0 aromatic rings. The van der Waals surface area contributed by atoms with Crippen LogP contribution in [0.3, 0.4) is 0 Å². The summed E-state index contributed by atoms with van der Waals surface area (Å²) in [5.74, 6) is 1.34. The Morgan fingerprint density at radius 3 is 3.07 bits per heavy atom. The molecule has 0 bridgehead atoms. The van der Waals surface area contributed by atoms with Crippen molar-refractivity contribution >= 4 is 5.91 Å². The van der Waals surface area contributed by atoms with Gasteiger partial charge in [0.05, 0.1) is 0 Å². The molecule has 0 radical (unpaired) electrons. The number of amides is 1. The number of carbonyl (C=O) groups is 1. The SMILES string of the molecule is CC1CCCN(CC2CCNC2)C1=O. The summed E-state index contributed by atoms with van der Waals surface area (Å²) >= 11 is 0. The van der Waals surface area contributed by atoms with E-state index in [1.54, 1.807) is 0 Å². The van der Waals surface area contributed by atoms with Gasteiger partial charge in [0.2, 0.25) is 5.91 Å². The van der Waals surface area contributed by atoms with Crippen LogP contribution in [0.2, 0.25) is 0 Å². The number of piperidine rings is 1. The van der Waals surface area contributed by atoms with Crippen LogP contribution in [0.15, 0.2) is 0 Å². The zero-order valence-electron chi connectivity index (χ0n) is 8.96. The largest absolute Gasteiger partial charge is 0.342 e. The molecule has 2 atom stereocenters. The van der Waals surface area contributed by atoms with Crippen molar-refractivity contribution in [2.24, 2.45) is 11.8 Å². The first kappa shape index (κ1) is 9.97. The molecular weight excluding hydrogens is 176 g/mol. The van der Waals surface area contributed by atoms with E-state index >= 15 is 0 Å². The summed E-state index contributed by atoms with van der Waals surface area (Å²) in [6.45, 7) is 6.25. The van der Waals surface area contributed by atoms with Crippen molar-refractivity contribution in [1.82, 2.24) is 10.2 Å². The van der Waals surface area contributed by atoms with Gasteiger partial charge in [0.1, 0.15) is 0 Å². The van der Waals surface area contributed by atoms with E-state index in [4.69, 9.17) is 0 Å². The number of nitrogens with one attached hydrogen (secondary N) is 1. The molecule has 2 aliphatic rings. The molecule has 2 aliphatic heterocycles. The molecule has 0 saturated carbocycles. The van der Waals surface area contributed by atoms with E-state index < -0.39 is 0 Å². The van der Waals surface area contributed by atoms with Crippen LogP contribution >= 0.6 is 0 Å². The van der Waals surface area contributed by atoms with E-state index in [0.29, 0.717) is 11.8 Å². The second kappa shape index (κ2) is 4.30. The summed E-state index contributed by atoms with van der Waals surface area (Å²) in [5, 5.41) is 3.35. The first-order valence-electron chi connectivity index (χ1n) is 5.77. The maximum Gasteiger partial charge on any atom is 0.225 e. The van der Waals surface area contributed by atoms with Crippen molar-refractivity contribution in [2.75, 3.05) is 26.2 Å². The number of carbonyl (C=O) groups excluding carboxylic acids is 1. The van der Waals surface area contributed by atoms with Gasteiger partial charge in [-0.3, -0.25) is 4.79 Å². The highest BCUT2D eigenvalue weighted by molar-refractivity contribution is 5.79. The molecule has 1 N–H and O–H groups in total. The molecule has 80 valence electrons. The molecule has 14 heavy (non-hydrogen) atoms. The van der Waals surface area contributed by atoms with Gasteiger partial charge < -0.3 is 10.2 Å². The van der Waals surface area contributed by atoms with Crippen molar-refractivity contribution in [3.05, 3.63) is 0 Å². The van der Waals surface area contributed by atoms with Crippen molar-refractivity contribution < 1.29 is 4.79 Å².